The van der Waals surface area contributed by atoms with E-state index in [9.17, 15) is 8.42 Å². The molecule has 0 aliphatic heterocycles. The van der Waals surface area contributed by atoms with Crippen molar-refractivity contribution in [3.63, 3.8) is 0 Å². The Kier molecular flexibility index (Phi) is 5.62. The molecule has 1 rings (SSSR count). The Labute approximate surface area is 113 Å². The first-order valence-electron chi connectivity index (χ1n) is 6.15. The molecular formula is C11H20ClN3O2S. The van der Waals surface area contributed by atoms with Gasteiger partial charge in [-0.25, -0.2) is 13.4 Å². The van der Waals surface area contributed by atoms with Gasteiger partial charge in [-0.05, 0) is 13.1 Å². The topological polar surface area (TPSA) is 55.2 Å². The van der Waals surface area contributed by atoms with E-state index in [1.807, 2.05) is 11.5 Å². The highest BCUT2D eigenvalue weighted by atomic mass is 35.7. The summed E-state index contributed by atoms with van der Waals surface area (Å²) in [5.74, 6) is 0.751. The van der Waals surface area contributed by atoms with Crippen molar-refractivity contribution in [1.82, 2.24) is 14.5 Å². The molecule has 0 amide bonds. The molecule has 1 aromatic heterocycles. The zero-order valence-electron chi connectivity index (χ0n) is 11.1. The molecule has 1 heterocycles. The zero-order valence-corrected chi connectivity index (χ0v) is 12.6. The summed E-state index contributed by atoms with van der Waals surface area (Å²) in [6, 6.07) is 0. The van der Waals surface area contributed by atoms with E-state index < -0.39 is 9.05 Å². The average Bonchev–Trinajstić information content (AvgIpc) is 2.73. The summed E-state index contributed by atoms with van der Waals surface area (Å²) >= 11 is 0. The Balaban J connectivity index is 2.85. The molecular weight excluding hydrogens is 274 g/mol. The lowest BCUT2D eigenvalue weighted by molar-refractivity contribution is 0.289. The van der Waals surface area contributed by atoms with Crippen molar-refractivity contribution in [2.24, 2.45) is 0 Å². The summed E-state index contributed by atoms with van der Waals surface area (Å²) in [7, 11) is 1.57. The summed E-state index contributed by atoms with van der Waals surface area (Å²) in [6.45, 7) is 9.71. The van der Waals surface area contributed by atoms with Gasteiger partial charge in [-0.15, -0.1) is 0 Å². The molecule has 0 bridgehead atoms. The monoisotopic (exact) mass is 293 g/mol. The number of aryl methyl sites for hydroxylation is 1. The van der Waals surface area contributed by atoms with Crippen LogP contribution < -0.4 is 0 Å². The maximum atomic E-state index is 11.2. The number of likely N-dealkylation sites (N-methyl/N-ethyl adjacent to an activating group) is 1. The fourth-order valence-corrected chi connectivity index (χ4v) is 2.50. The first kappa shape index (κ1) is 15.5. The van der Waals surface area contributed by atoms with Gasteiger partial charge in [0.2, 0.25) is 0 Å². The van der Waals surface area contributed by atoms with Crippen LogP contribution in [0, 0.1) is 0 Å². The fraction of sp³-hybridized carbons (Fsp3) is 0.727. The second-order valence-electron chi connectivity index (χ2n) is 4.01. The smallest absolute Gasteiger partial charge is 0.280 e. The number of nitrogens with zero attached hydrogens (tertiary/aromatic N) is 3. The molecule has 0 spiro atoms. The molecule has 0 aromatic carbocycles. The van der Waals surface area contributed by atoms with Gasteiger partial charge < -0.3 is 9.47 Å². The van der Waals surface area contributed by atoms with Crippen molar-refractivity contribution in [3.8, 4) is 0 Å². The lowest BCUT2D eigenvalue weighted by atomic mass is 10.4. The maximum absolute atomic E-state index is 11.2. The Hall–Kier alpha value is -0.590. The second kappa shape index (κ2) is 6.54. The molecule has 0 aliphatic rings. The average molecular weight is 294 g/mol. The molecule has 0 N–H and O–H groups in total. The molecule has 7 heteroatoms. The lowest BCUT2D eigenvalue weighted by Crippen LogP contribution is -2.27. The Morgan fingerprint density at radius 3 is 2.39 bits per heavy atom. The van der Waals surface area contributed by atoms with Crippen molar-refractivity contribution < 1.29 is 8.42 Å². The molecule has 104 valence electrons. The first-order valence-corrected chi connectivity index (χ1v) is 8.46. The van der Waals surface area contributed by atoms with Crippen LogP contribution in [0.4, 0.5) is 0 Å². The molecule has 0 saturated carbocycles. The summed E-state index contributed by atoms with van der Waals surface area (Å²) in [5, 5.41) is -0.0550. The number of hydrogen-bond donors (Lipinski definition) is 0. The van der Waals surface area contributed by atoms with Gasteiger partial charge in [0.1, 0.15) is 5.82 Å². The summed E-state index contributed by atoms with van der Waals surface area (Å²) in [6.07, 6.45) is 2.20. The van der Waals surface area contributed by atoms with E-state index >= 15 is 0 Å². The Morgan fingerprint density at radius 2 is 1.94 bits per heavy atom. The Bertz CT molecular complexity index is 480. The summed E-state index contributed by atoms with van der Waals surface area (Å²) in [4.78, 5) is 6.33. The highest BCUT2D eigenvalue weighted by molar-refractivity contribution is 8.13. The summed E-state index contributed by atoms with van der Waals surface area (Å²) in [5.41, 5.74) is 0. The number of halogens is 1. The van der Waals surface area contributed by atoms with E-state index in [1.165, 1.54) is 6.20 Å². The van der Waals surface area contributed by atoms with Crippen molar-refractivity contribution >= 4 is 19.7 Å². The third kappa shape index (κ3) is 3.96. The Morgan fingerprint density at radius 1 is 1.33 bits per heavy atom. The number of aromatic nitrogens is 2. The second-order valence-corrected chi connectivity index (χ2v) is 6.52. The fourth-order valence-electron chi connectivity index (χ4n) is 1.81. The molecule has 0 unspecified atom stereocenters. The minimum absolute atomic E-state index is 0.0550. The molecule has 18 heavy (non-hydrogen) atoms. The normalized spacial score (nSPS) is 12.3. The lowest BCUT2D eigenvalue weighted by Gasteiger charge is -2.18. The van der Waals surface area contributed by atoms with Crippen LogP contribution in [0.1, 0.15) is 26.6 Å². The van der Waals surface area contributed by atoms with Crippen LogP contribution in [-0.4, -0.2) is 42.5 Å². The zero-order chi connectivity index (χ0) is 13.8. The van der Waals surface area contributed by atoms with Gasteiger partial charge in [0.05, 0.1) is 0 Å². The van der Waals surface area contributed by atoms with Crippen molar-refractivity contribution in [2.45, 2.75) is 38.8 Å². The van der Waals surface area contributed by atoms with Crippen molar-refractivity contribution in [2.75, 3.05) is 19.6 Å². The maximum Gasteiger partial charge on any atom is 0.280 e. The minimum atomic E-state index is -3.74. The first-order chi connectivity index (χ1) is 8.42. The highest BCUT2D eigenvalue weighted by Crippen LogP contribution is 2.14. The van der Waals surface area contributed by atoms with Crippen LogP contribution in [-0.2, 0) is 22.0 Å². The van der Waals surface area contributed by atoms with Crippen LogP contribution in [0.2, 0.25) is 0 Å². The third-order valence-corrected chi connectivity index (χ3v) is 4.13. The molecule has 1 aromatic rings. The molecule has 0 saturated heterocycles. The van der Waals surface area contributed by atoms with E-state index in [2.05, 4.69) is 23.7 Å². The van der Waals surface area contributed by atoms with Gasteiger partial charge >= 0.3 is 0 Å². The van der Waals surface area contributed by atoms with Gasteiger partial charge in [-0.3, -0.25) is 0 Å². The van der Waals surface area contributed by atoms with Crippen LogP contribution >= 0.6 is 10.7 Å². The van der Waals surface area contributed by atoms with E-state index in [0.717, 1.165) is 32.0 Å². The molecule has 0 fully saturated rings. The van der Waals surface area contributed by atoms with E-state index in [4.69, 9.17) is 10.7 Å². The summed E-state index contributed by atoms with van der Waals surface area (Å²) < 4.78 is 24.4. The van der Waals surface area contributed by atoms with Crippen LogP contribution in [0.25, 0.3) is 0 Å². The van der Waals surface area contributed by atoms with Gasteiger partial charge in [0.15, 0.2) is 5.03 Å². The van der Waals surface area contributed by atoms with Crippen LogP contribution in [0.5, 0.6) is 0 Å². The number of hydrogen-bond acceptors (Lipinski definition) is 4. The van der Waals surface area contributed by atoms with Gasteiger partial charge in [-0.1, -0.05) is 20.8 Å². The SMILES string of the molecule is CCc1nc(S(=O)(=O)Cl)cn1CCN(CC)CC. The van der Waals surface area contributed by atoms with Crippen LogP contribution in [0.15, 0.2) is 11.2 Å². The van der Waals surface area contributed by atoms with Gasteiger partial charge in [0, 0.05) is 36.4 Å². The minimum Gasteiger partial charge on any atom is -0.332 e. The largest absolute Gasteiger partial charge is 0.332 e. The molecule has 0 radical (unpaired) electrons. The quantitative estimate of drug-likeness (QED) is 0.718. The van der Waals surface area contributed by atoms with Crippen LogP contribution in [0.3, 0.4) is 0 Å². The standard InChI is InChI=1S/C11H20ClN3O2S/c1-4-10-13-11(18(12,16)17)9-15(10)8-7-14(5-2)6-3/h9H,4-8H2,1-3H3. The predicted molar refractivity (Wildman–Crippen MR) is 72.4 cm³/mol. The van der Waals surface area contributed by atoms with Gasteiger partial charge in [-0.2, -0.15) is 0 Å². The van der Waals surface area contributed by atoms with Crippen molar-refractivity contribution in [1.29, 1.82) is 0 Å². The van der Waals surface area contributed by atoms with E-state index in [-0.39, 0.29) is 5.03 Å². The molecule has 0 aliphatic carbocycles. The van der Waals surface area contributed by atoms with Gasteiger partial charge in [0.25, 0.3) is 9.05 Å². The predicted octanol–water partition coefficient (Wildman–Crippen LogP) is 1.71. The number of imidazole rings is 1. The molecule has 5 nitrogen and oxygen atoms in total. The molecule has 0 atom stereocenters. The van der Waals surface area contributed by atoms with E-state index in [1.54, 1.807) is 0 Å². The van der Waals surface area contributed by atoms with Crippen molar-refractivity contribution in [3.05, 3.63) is 12.0 Å². The highest BCUT2D eigenvalue weighted by Gasteiger charge is 2.17. The number of rotatable bonds is 7. The van der Waals surface area contributed by atoms with E-state index in [0.29, 0.717) is 6.42 Å². The third-order valence-electron chi connectivity index (χ3n) is 2.95.